The Morgan fingerprint density at radius 3 is 2.32 bits per heavy atom. The number of nitrogens with one attached hydrogen (secondary N) is 1. The third-order valence-corrected chi connectivity index (χ3v) is 4.39. The fraction of sp³-hybridized carbons (Fsp3) is 0.176. The van der Waals surface area contributed by atoms with Crippen LogP contribution in [0, 0.1) is 0 Å². The molecule has 0 saturated carbocycles. The maximum atomic E-state index is 12.3. The van der Waals surface area contributed by atoms with Crippen LogP contribution in [0.1, 0.15) is 15.9 Å². The molecule has 6 nitrogen and oxygen atoms in total. The number of hydrogen-bond acceptors (Lipinski definition) is 5. The molecular weight excluding hydrogens is 456 g/mol. The van der Waals surface area contributed by atoms with Crippen LogP contribution >= 0.6 is 31.9 Å². The van der Waals surface area contributed by atoms with E-state index in [0.717, 1.165) is 8.95 Å². The van der Waals surface area contributed by atoms with Crippen molar-refractivity contribution in [3.8, 4) is 17.2 Å². The molecule has 2 aromatic rings. The van der Waals surface area contributed by atoms with E-state index in [9.17, 15) is 4.79 Å². The van der Waals surface area contributed by atoms with Gasteiger partial charge in [-0.15, -0.1) is 0 Å². The van der Waals surface area contributed by atoms with E-state index in [2.05, 4.69) is 42.4 Å². The number of hydrogen-bond donors (Lipinski definition) is 1. The fourth-order valence-corrected chi connectivity index (χ4v) is 2.95. The van der Waals surface area contributed by atoms with Crippen molar-refractivity contribution in [1.29, 1.82) is 0 Å². The van der Waals surface area contributed by atoms with Crippen molar-refractivity contribution in [2.24, 2.45) is 5.10 Å². The monoisotopic (exact) mass is 470 g/mol. The Labute approximate surface area is 162 Å². The smallest absolute Gasteiger partial charge is 0.275 e. The van der Waals surface area contributed by atoms with Crippen LogP contribution < -0.4 is 19.6 Å². The van der Waals surface area contributed by atoms with E-state index in [0.29, 0.717) is 28.4 Å². The molecule has 0 atom stereocenters. The number of carbonyl (C=O) groups is 1. The Morgan fingerprint density at radius 1 is 1.00 bits per heavy atom. The summed E-state index contributed by atoms with van der Waals surface area (Å²) in [4.78, 5) is 12.3. The average molecular weight is 472 g/mol. The number of nitrogens with zero attached hydrogens (tertiary/aromatic N) is 1. The zero-order valence-electron chi connectivity index (χ0n) is 13.8. The van der Waals surface area contributed by atoms with Crippen LogP contribution in [0.25, 0.3) is 0 Å². The molecule has 1 amide bonds. The fourth-order valence-electron chi connectivity index (χ4n) is 2.06. The third-order valence-electron chi connectivity index (χ3n) is 3.28. The van der Waals surface area contributed by atoms with Gasteiger partial charge in [0.25, 0.3) is 5.91 Å². The van der Waals surface area contributed by atoms with E-state index in [1.165, 1.54) is 13.3 Å². The summed E-state index contributed by atoms with van der Waals surface area (Å²) < 4.78 is 17.2. The van der Waals surface area contributed by atoms with E-state index >= 15 is 0 Å². The second-order valence-corrected chi connectivity index (χ2v) is 6.54. The topological polar surface area (TPSA) is 69.2 Å². The van der Waals surface area contributed by atoms with E-state index in [4.69, 9.17) is 14.2 Å². The Bertz CT molecular complexity index is 809. The number of rotatable bonds is 6. The van der Waals surface area contributed by atoms with Crippen LogP contribution in [-0.2, 0) is 0 Å². The largest absolute Gasteiger partial charge is 0.496 e. The van der Waals surface area contributed by atoms with Gasteiger partial charge in [0, 0.05) is 16.1 Å². The Balaban J connectivity index is 2.20. The highest BCUT2D eigenvalue weighted by atomic mass is 79.9. The van der Waals surface area contributed by atoms with Crippen LogP contribution in [0.3, 0.4) is 0 Å². The Kier molecular flexibility index (Phi) is 6.83. The zero-order valence-corrected chi connectivity index (χ0v) is 17.0. The molecular formula is C17H16Br2N2O4. The predicted octanol–water partition coefficient (Wildman–Crippen LogP) is 4.00. The van der Waals surface area contributed by atoms with E-state index in [-0.39, 0.29) is 5.91 Å². The molecule has 8 heteroatoms. The van der Waals surface area contributed by atoms with Crippen LogP contribution in [0.15, 0.2) is 44.4 Å². The number of benzene rings is 2. The van der Waals surface area contributed by atoms with Crippen LogP contribution in [0.5, 0.6) is 17.2 Å². The standard InChI is InChI=1S/C17H16Br2N2O4/c1-23-14-5-4-11(18)7-12(14)17(22)21-20-9-10-6-13(19)16(25-3)8-15(10)24-2/h4-9H,1-3H3,(H,21,22)/b20-9-. The minimum atomic E-state index is -0.388. The highest BCUT2D eigenvalue weighted by molar-refractivity contribution is 9.10. The molecule has 2 aromatic carbocycles. The lowest BCUT2D eigenvalue weighted by atomic mass is 10.2. The van der Waals surface area contributed by atoms with Crippen molar-refractivity contribution < 1.29 is 19.0 Å². The van der Waals surface area contributed by atoms with Crippen molar-refractivity contribution in [1.82, 2.24) is 5.43 Å². The van der Waals surface area contributed by atoms with Gasteiger partial charge in [0.15, 0.2) is 0 Å². The lowest BCUT2D eigenvalue weighted by molar-refractivity contribution is 0.0952. The number of methoxy groups -OCH3 is 3. The van der Waals surface area contributed by atoms with Crippen molar-refractivity contribution >= 4 is 44.0 Å². The molecule has 0 saturated heterocycles. The first-order valence-electron chi connectivity index (χ1n) is 7.08. The third kappa shape index (κ3) is 4.73. The molecule has 0 heterocycles. The Morgan fingerprint density at radius 2 is 1.68 bits per heavy atom. The second-order valence-electron chi connectivity index (χ2n) is 4.77. The molecule has 25 heavy (non-hydrogen) atoms. The van der Waals surface area contributed by atoms with Gasteiger partial charge in [-0.25, -0.2) is 5.43 Å². The van der Waals surface area contributed by atoms with Gasteiger partial charge in [-0.2, -0.15) is 5.10 Å². The van der Waals surface area contributed by atoms with Crippen molar-refractivity contribution in [2.75, 3.05) is 21.3 Å². The minimum Gasteiger partial charge on any atom is -0.496 e. The quantitative estimate of drug-likeness (QED) is 0.510. The summed E-state index contributed by atoms with van der Waals surface area (Å²) in [5.41, 5.74) is 3.53. The van der Waals surface area contributed by atoms with Gasteiger partial charge < -0.3 is 14.2 Å². The average Bonchev–Trinajstić information content (AvgIpc) is 2.61. The van der Waals surface area contributed by atoms with Gasteiger partial charge in [-0.05, 0) is 40.2 Å². The summed E-state index contributed by atoms with van der Waals surface area (Å²) in [6, 6.07) is 8.66. The van der Waals surface area contributed by atoms with E-state index in [1.807, 2.05) is 0 Å². The summed E-state index contributed by atoms with van der Waals surface area (Å²) >= 11 is 6.74. The van der Waals surface area contributed by atoms with Gasteiger partial charge in [0.05, 0.1) is 37.6 Å². The minimum absolute atomic E-state index is 0.372. The van der Waals surface area contributed by atoms with Gasteiger partial charge in [-0.1, -0.05) is 15.9 Å². The van der Waals surface area contributed by atoms with E-state index < -0.39 is 0 Å². The van der Waals surface area contributed by atoms with Crippen LogP contribution in [0.4, 0.5) is 0 Å². The molecule has 0 radical (unpaired) electrons. The summed E-state index contributed by atoms with van der Waals surface area (Å²) in [5.74, 6) is 1.27. The van der Waals surface area contributed by atoms with Gasteiger partial charge >= 0.3 is 0 Å². The SMILES string of the molecule is COc1cc(OC)c(/C=N\NC(=O)c2cc(Br)ccc2OC)cc1Br. The molecule has 0 bridgehead atoms. The first kappa shape index (κ1) is 19.3. The second kappa shape index (κ2) is 8.87. The molecule has 0 aliphatic rings. The Hall–Kier alpha value is -2.06. The molecule has 132 valence electrons. The molecule has 1 N–H and O–H groups in total. The molecule has 2 rings (SSSR count). The van der Waals surface area contributed by atoms with Gasteiger partial charge in [0.2, 0.25) is 0 Å². The summed E-state index contributed by atoms with van der Waals surface area (Å²) in [6.45, 7) is 0. The number of ether oxygens (including phenoxy) is 3. The molecule has 0 unspecified atom stereocenters. The first-order valence-corrected chi connectivity index (χ1v) is 8.67. The molecule has 0 aliphatic heterocycles. The molecule has 0 spiro atoms. The number of amides is 1. The highest BCUT2D eigenvalue weighted by Crippen LogP contribution is 2.32. The van der Waals surface area contributed by atoms with Crippen molar-refractivity contribution in [3.63, 3.8) is 0 Å². The maximum absolute atomic E-state index is 12.3. The predicted molar refractivity (Wildman–Crippen MR) is 103 cm³/mol. The summed E-state index contributed by atoms with van der Waals surface area (Å²) in [7, 11) is 4.62. The van der Waals surface area contributed by atoms with Crippen molar-refractivity contribution in [2.45, 2.75) is 0 Å². The first-order chi connectivity index (χ1) is 12.0. The van der Waals surface area contributed by atoms with Gasteiger partial charge in [-0.3, -0.25) is 4.79 Å². The lowest BCUT2D eigenvalue weighted by Crippen LogP contribution is -2.18. The molecule has 0 aromatic heterocycles. The van der Waals surface area contributed by atoms with Crippen molar-refractivity contribution in [3.05, 3.63) is 50.4 Å². The lowest BCUT2D eigenvalue weighted by Gasteiger charge is -2.10. The van der Waals surface area contributed by atoms with Gasteiger partial charge in [0.1, 0.15) is 17.2 Å². The summed E-state index contributed by atoms with van der Waals surface area (Å²) in [6.07, 6.45) is 1.49. The van der Waals surface area contributed by atoms with E-state index in [1.54, 1.807) is 44.6 Å². The zero-order chi connectivity index (χ0) is 18.4. The molecule has 0 fully saturated rings. The maximum Gasteiger partial charge on any atom is 0.275 e. The number of halogens is 2. The number of hydrazone groups is 1. The van der Waals surface area contributed by atoms with Crippen LogP contribution in [-0.4, -0.2) is 33.5 Å². The summed E-state index contributed by atoms with van der Waals surface area (Å²) in [5, 5.41) is 3.99. The highest BCUT2D eigenvalue weighted by Gasteiger charge is 2.12. The van der Waals surface area contributed by atoms with Crippen LogP contribution in [0.2, 0.25) is 0 Å². The normalized spacial score (nSPS) is 10.6. The number of carbonyl (C=O) groups excluding carboxylic acids is 1. The molecule has 0 aliphatic carbocycles.